The normalized spacial score (nSPS) is 11.0. The van der Waals surface area contributed by atoms with Crippen molar-refractivity contribution in [3.63, 3.8) is 0 Å². The van der Waals surface area contributed by atoms with E-state index in [9.17, 15) is 4.79 Å². The maximum atomic E-state index is 12.5. The summed E-state index contributed by atoms with van der Waals surface area (Å²) >= 11 is 1.63. The fourth-order valence-corrected chi connectivity index (χ4v) is 3.67. The number of fused-ring (bicyclic) bond motifs is 1. The Morgan fingerprint density at radius 2 is 1.96 bits per heavy atom. The van der Waals surface area contributed by atoms with E-state index in [1.54, 1.807) is 11.3 Å². The van der Waals surface area contributed by atoms with Crippen LogP contribution in [-0.2, 0) is 0 Å². The van der Waals surface area contributed by atoms with Crippen LogP contribution in [0.2, 0.25) is 0 Å². The van der Waals surface area contributed by atoms with Crippen molar-refractivity contribution >= 4 is 27.9 Å². The molecule has 2 aromatic carbocycles. The number of anilines is 1. The summed E-state index contributed by atoms with van der Waals surface area (Å²) < 4.78 is 2.08. The van der Waals surface area contributed by atoms with E-state index in [0.29, 0.717) is 5.56 Å². The number of aromatic nitrogens is 2. The molecule has 1 amide bonds. The highest BCUT2D eigenvalue weighted by Gasteiger charge is 2.11. The van der Waals surface area contributed by atoms with Gasteiger partial charge in [-0.15, -0.1) is 11.3 Å². The Morgan fingerprint density at radius 3 is 2.76 bits per heavy atom. The Bertz CT molecular complexity index is 1080. The maximum absolute atomic E-state index is 12.5. The molecule has 1 N–H and O–H groups in total. The van der Waals surface area contributed by atoms with E-state index in [1.807, 2.05) is 61.7 Å². The summed E-state index contributed by atoms with van der Waals surface area (Å²) in [6, 6.07) is 15.4. The van der Waals surface area contributed by atoms with Gasteiger partial charge in [0.05, 0.1) is 5.69 Å². The standard InChI is InChI=1S/C20H17N3OS/c1-13-6-3-4-9-17(13)19(24)21-16-8-5-7-15(10-16)18-11-23-14(2)12-25-20(23)22-18/h3-12H,1-2H3,(H,21,24). The van der Waals surface area contributed by atoms with Crippen LogP contribution in [-0.4, -0.2) is 15.3 Å². The third-order valence-corrected chi connectivity index (χ3v) is 5.15. The Kier molecular flexibility index (Phi) is 3.86. The Balaban J connectivity index is 1.63. The molecule has 0 saturated heterocycles. The highest BCUT2D eigenvalue weighted by Crippen LogP contribution is 2.25. The number of amides is 1. The summed E-state index contributed by atoms with van der Waals surface area (Å²) in [5, 5.41) is 5.07. The molecule has 2 aromatic heterocycles. The van der Waals surface area contributed by atoms with E-state index in [1.165, 1.54) is 5.69 Å². The van der Waals surface area contributed by atoms with Gasteiger partial charge in [-0.3, -0.25) is 9.20 Å². The predicted octanol–water partition coefficient (Wildman–Crippen LogP) is 4.93. The van der Waals surface area contributed by atoms with Crippen LogP contribution in [0.4, 0.5) is 5.69 Å². The first-order valence-electron chi connectivity index (χ1n) is 8.02. The molecular formula is C20H17N3OS. The van der Waals surface area contributed by atoms with Gasteiger partial charge >= 0.3 is 0 Å². The van der Waals surface area contributed by atoms with Crippen LogP contribution >= 0.6 is 11.3 Å². The summed E-state index contributed by atoms with van der Waals surface area (Å²) in [5.41, 5.74) is 5.47. The minimum atomic E-state index is -0.100. The van der Waals surface area contributed by atoms with Crippen LogP contribution in [0.5, 0.6) is 0 Å². The lowest BCUT2D eigenvalue weighted by molar-refractivity contribution is 0.102. The molecule has 5 heteroatoms. The van der Waals surface area contributed by atoms with E-state index in [2.05, 4.69) is 27.0 Å². The SMILES string of the molecule is Cc1ccccc1C(=O)Nc1cccc(-c2cn3c(C)csc3n2)c1. The Hall–Kier alpha value is -2.92. The van der Waals surface area contributed by atoms with Crippen molar-refractivity contribution in [1.82, 2.24) is 9.38 Å². The molecule has 0 aliphatic heterocycles. The van der Waals surface area contributed by atoms with Crippen molar-refractivity contribution in [2.24, 2.45) is 0 Å². The number of carbonyl (C=O) groups excluding carboxylic acids is 1. The quantitative estimate of drug-likeness (QED) is 0.571. The number of imidazole rings is 1. The molecule has 124 valence electrons. The lowest BCUT2D eigenvalue weighted by atomic mass is 10.1. The van der Waals surface area contributed by atoms with Crippen LogP contribution in [0, 0.1) is 13.8 Å². The first-order chi connectivity index (χ1) is 12.1. The number of nitrogens with zero attached hydrogens (tertiary/aromatic N) is 2. The number of hydrogen-bond donors (Lipinski definition) is 1. The van der Waals surface area contributed by atoms with Gasteiger partial charge in [-0.05, 0) is 37.6 Å². The van der Waals surface area contributed by atoms with Crippen molar-refractivity contribution < 1.29 is 4.79 Å². The fourth-order valence-electron chi connectivity index (χ4n) is 2.82. The number of thiazole rings is 1. The van der Waals surface area contributed by atoms with Gasteiger partial charge in [-0.25, -0.2) is 4.98 Å². The molecule has 4 rings (SSSR count). The predicted molar refractivity (Wildman–Crippen MR) is 102 cm³/mol. The Morgan fingerprint density at radius 1 is 1.12 bits per heavy atom. The summed E-state index contributed by atoms with van der Waals surface area (Å²) in [6.07, 6.45) is 2.03. The fraction of sp³-hybridized carbons (Fsp3) is 0.100. The number of hydrogen-bond acceptors (Lipinski definition) is 3. The summed E-state index contributed by atoms with van der Waals surface area (Å²) in [7, 11) is 0. The zero-order chi connectivity index (χ0) is 17.4. The molecule has 4 nitrogen and oxygen atoms in total. The monoisotopic (exact) mass is 347 g/mol. The van der Waals surface area contributed by atoms with Gasteiger partial charge in [0, 0.05) is 34.1 Å². The van der Waals surface area contributed by atoms with Crippen LogP contribution in [0.1, 0.15) is 21.6 Å². The molecule has 0 atom stereocenters. The molecule has 0 aliphatic rings. The van der Waals surface area contributed by atoms with Crippen LogP contribution in [0.3, 0.4) is 0 Å². The minimum Gasteiger partial charge on any atom is -0.322 e. The summed E-state index contributed by atoms with van der Waals surface area (Å²) in [6.45, 7) is 4.00. The van der Waals surface area contributed by atoms with E-state index < -0.39 is 0 Å². The van der Waals surface area contributed by atoms with Crippen molar-refractivity contribution in [2.75, 3.05) is 5.32 Å². The maximum Gasteiger partial charge on any atom is 0.255 e. The van der Waals surface area contributed by atoms with Crippen molar-refractivity contribution in [3.05, 3.63) is 76.9 Å². The molecule has 25 heavy (non-hydrogen) atoms. The van der Waals surface area contributed by atoms with Crippen molar-refractivity contribution in [3.8, 4) is 11.3 Å². The topological polar surface area (TPSA) is 46.4 Å². The van der Waals surface area contributed by atoms with Crippen molar-refractivity contribution in [1.29, 1.82) is 0 Å². The second kappa shape index (κ2) is 6.18. The van der Waals surface area contributed by atoms with Crippen LogP contribution in [0.25, 0.3) is 16.2 Å². The smallest absolute Gasteiger partial charge is 0.255 e. The van der Waals surface area contributed by atoms with Gasteiger partial charge in [0.15, 0.2) is 4.96 Å². The number of benzene rings is 2. The van der Waals surface area contributed by atoms with E-state index in [-0.39, 0.29) is 5.91 Å². The van der Waals surface area contributed by atoms with Gasteiger partial charge in [0.2, 0.25) is 0 Å². The molecule has 4 aromatic rings. The zero-order valence-electron chi connectivity index (χ0n) is 14.0. The summed E-state index contributed by atoms with van der Waals surface area (Å²) in [4.78, 5) is 18.1. The van der Waals surface area contributed by atoms with Gasteiger partial charge in [0.1, 0.15) is 0 Å². The average Bonchev–Trinajstić information content (AvgIpc) is 3.18. The molecule has 0 aliphatic carbocycles. The lowest BCUT2D eigenvalue weighted by Crippen LogP contribution is -2.13. The average molecular weight is 347 g/mol. The first-order valence-corrected chi connectivity index (χ1v) is 8.90. The van der Waals surface area contributed by atoms with Gasteiger partial charge in [0.25, 0.3) is 5.91 Å². The van der Waals surface area contributed by atoms with E-state index >= 15 is 0 Å². The molecule has 0 spiro atoms. The lowest BCUT2D eigenvalue weighted by Gasteiger charge is -2.08. The molecule has 0 unspecified atom stereocenters. The van der Waals surface area contributed by atoms with Crippen molar-refractivity contribution in [2.45, 2.75) is 13.8 Å². The number of rotatable bonds is 3. The third-order valence-electron chi connectivity index (χ3n) is 4.19. The number of nitrogens with one attached hydrogen (secondary N) is 1. The number of carbonyl (C=O) groups is 1. The van der Waals surface area contributed by atoms with Crippen LogP contribution in [0.15, 0.2) is 60.1 Å². The Labute approximate surface area is 149 Å². The van der Waals surface area contributed by atoms with Gasteiger partial charge in [-0.2, -0.15) is 0 Å². The zero-order valence-corrected chi connectivity index (χ0v) is 14.8. The number of aryl methyl sites for hydroxylation is 2. The second-order valence-corrected chi connectivity index (χ2v) is 6.84. The first kappa shape index (κ1) is 15.6. The van der Waals surface area contributed by atoms with Gasteiger partial charge in [-0.1, -0.05) is 30.3 Å². The molecule has 2 heterocycles. The van der Waals surface area contributed by atoms with E-state index in [4.69, 9.17) is 0 Å². The molecule has 0 radical (unpaired) electrons. The highest BCUT2D eigenvalue weighted by atomic mass is 32.1. The summed E-state index contributed by atoms with van der Waals surface area (Å²) in [5.74, 6) is -0.100. The molecule has 0 saturated carbocycles. The molecular weight excluding hydrogens is 330 g/mol. The second-order valence-electron chi connectivity index (χ2n) is 6.01. The van der Waals surface area contributed by atoms with E-state index in [0.717, 1.165) is 27.5 Å². The molecule has 0 fully saturated rings. The minimum absolute atomic E-state index is 0.100. The van der Waals surface area contributed by atoms with Gasteiger partial charge < -0.3 is 5.32 Å². The van der Waals surface area contributed by atoms with Crippen LogP contribution < -0.4 is 5.32 Å². The molecule has 0 bridgehead atoms. The largest absolute Gasteiger partial charge is 0.322 e. The third kappa shape index (κ3) is 2.94. The highest BCUT2D eigenvalue weighted by molar-refractivity contribution is 7.15.